The molecule has 0 bridgehead atoms. The van der Waals surface area contributed by atoms with Crippen LogP contribution in [0.15, 0.2) is 28.8 Å². The number of rotatable bonds is 4. The van der Waals surface area contributed by atoms with E-state index in [1.54, 1.807) is 19.0 Å². The molecular weight excluding hydrogens is 361 g/mol. The molecular formula is C18H21F3N4O2. The maximum atomic E-state index is 12.6. The summed E-state index contributed by atoms with van der Waals surface area (Å²) in [5.74, 6) is 0.859. The van der Waals surface area contributed by atoms with Crippen LogP contribution in [-0.2, 0) is 17.5 Å². The lowest BCUT2D eigenvalue weighted by molar-refractivity contribution is -0.137. The van der Waals surface area contributed by atoms with Crippen LogP contribution in [0.1, 0.15) is 24.3 Å². The molecule has 9 heteroatoms. The number of hydrogen-bond donors (Lipinski definition) is 0. The number of carbonyl (C=O) groups excluding carboxylic acids is 1. The van der Waals surface area contributed by atoms with Crippen LogP contribution in [0.5, 0.6) is 0 Å². The van der Waals surface area contributed by atoms with Gasteiger partial charge in [0.2, 0.25) is 17.6 Å². The van der Waals surface area contributed by atoms with Gasteiger partial charge in [-0.05, 0) is 38.1 Å². The molecule has 1 aliphatic heterocycles. The minimum Gasteiger partial charge on any atom is -0.349 e. The van der Waals surface area contributed by atoms with Crippen LogP contribution in [0.25, 0.3) is 11.4 Å². The van der Waals surface area contributed by atoms with E-state index < -0.39 is 11.7 Å². The van der Waals surface area contributed by atoms with Gasteiger partial charge in [0, 0.05) is 25.6 Å². The molecule has 2 aromatic rings. The van der Waals surface area contributed by atoms with Crippen LogP contribution in [-0.4, -0.2) is 53.0 Å². The van der Waals surface area contributed by atoms with Crippen molar-refractivity contribution in [3.05, 3.63) is 35.7 Å². The molecule has 0 aliphatic carbocycles. The molecule has 0 atom stereocenters. The molecule has 146 valence electrons. The number of amides is 1. The molecule has 0 saturated carbocycles. The third-order valence-corrected chi connectivity index (χ3v) is 4.67. The Morgan fingerprint density at radius 2 is 1.85 bits per heavy atom. The fourth-order valence-electron chi connectivity index (χ4n) is 3.14. The molecule has 3 rings (SSSR count). The summed E-state index contributed by atoms with van der Waals surface area (Å²) < 4.78 is 43.1. The van der Waals surface area contributed by atoms with Crippen molar-refractivity contribution in [1.29, 1.82) is 0 Å². The zero-order valence-corrected chi connectivity index (χ0v) is 15.2. The Labute approximate surface area is 154 Å². The largest absolute Gasteiger partial charge is 0.416 e. The van der Waals surface area contributed by atoms with Gasteiger partial charge >= 0.3 is 6.18 Å². The number of hydrogen-bond acceptors (Lipinski definition) is 5. The molecule has 1 fully saturated rings. The summed E-state index contributed by atoms with van der Waals surface area (Å²) in [6, 6.07) is 4.65. The summed E-state index contributed by atoms with van der Waals surface area (Å²) >= 11 is 0. The smallest absolute Gasteiger partial charge is 0.349 e. The maximum absolute atomic E-state index is 12.6. The standard InChI is InChI=1S/C18H21F3N4O2/c1-24(2)17(26)13-7-9-25(10-8-13)11-15-22-16(23-27-15)12-3-5-14(6-4-12)18(19,20)21/h3-6,13H,7-11H2,1-2H3. The first-order chi connectivity index (χ1) is 12.7. The van der Waals surface area contributed by atoms with Gasteiger partial charge in [0.1, 0.15) is 0 Å². The molecule has 1 aromatic heterocycles. The third-order valence-electron chi connectivity index (χ3n) is 4.67. The SMILES string of the molecule is CN(C)C(=O)C1CCN(Cc2nc(-c3ccc(C(F)(F)F)cc3)no2)CC1. The zero-order valence-electron chi connectivity index (χ0n) is 15.2. The highest BCUT2D eigenvalue weighted by atomic mass is 19.4. The van der Waals surface area contributed by atoms with Crippen LogP contribution in [0, 0.1) is 5.92 Å². The third kappa shape index (κ3) is 4.65. The monoisotopic (exact) mass is 382 g/mol. The predicted molar refractivity (Wildman–Crippen MR) is 91.4 cm³/mol. The van der Waals surface area contributed by atoms with E-state index in [4.69, 9.17) is 4.52 Å². The second-order valence-corrected chi connectivity index (χ2v) is 6.87. The van der Waals surface area contributed by atoms with Crippen LogP contribution in [0.4, 0.5) is 13.2 Å². The van der Waals surface area contributed by atoms with E-state index in [0.29, 0.717) is 18.0 Å². The molecule has 1 aliphatic rings. The van der Waals surface area contributed by atoms with Crippen molar-refractivity contribution in [2.75, 3.05) is 27.2 Å². The minimum absolute atomic E-state index is 0.0432. The highest BCUT2D eigenvalue weighted by molar-refractivity contribution is 5.78. The molecule has 1 aromatic carbocycles. The average molecular weight is 382 g/mol. The second kappa shape index (κ2) is 7.67. The molecule has 6 nitrogen and oxygen atoms in total. The van der Waals surface area contributed by atoms with Gasteiger partial charge in [0.15, 0.2) is 0 Å². The predicted octanol–water partition coefficient (Wildman–Crippen LogP) is 3.06. The Morgan fingerprint density at radius 1 is 1.22 bits per heavy atom. The quantitative estimate of drug-likeness (QED) is 0.813. The number of aromatic nitrogens is 2. The van der Waals surface area contributed by atoms with Gasteiger partial charge in [-0.2, -0.15) is 18.2 Å². The van der Waals surface area contributed by atoms with E-state index in [9.17, 15) is 18.0 Å². The van der Waals surface area contributed by atoms with Crippen molar-refractivity contribution < 1.29 is 22.5 Å². The number of nitrogens with zero attached hydrogens (tertiary/aromatic N) is 4. The van der Waals surface area contributed by atoms with E-state index in [2.05, 4.69) is 15.0 Å². The second-order valence-electron chi connectivity index (χ2n) is 6.87. The highest BCUT2D eigenvalue weighted by Crippen LogP contribution is 2.30. The van der Waals surface area contributed by atoms with Crippen molar-refractivity contribution in [3.63, 3.8) is 0 Å². The molecule has 0 N–H and O–H groups in total. The topological polar surface area (TPSA) is 62.5 Å². The summed E-state index contributed by atoms with van der Waals surface area (Å²) in [4.78, 5) is 20.0. The first-order valence-corrected chi connectivity index (χ1v) is 8.68. The Balaban J connectivity index is 1.58. The molecule has 0 spiro atoms. The van der Waals surface area contributed by atoms with Crippen molar-refractivity contribution in [2.45, 2.75) is 25.6 Å². The molecule has 1 saturated heterocycles. The van der Waals surface area contributed by atoms with Crippen LogP contribution < -0.4 is 0 Å². The van der Waals surface area contributed by atoms with Crippen molar-refractivity contribution in [3.8, 4) is 11.4 Å². The Morgan fingerprint density at radius 3 is 2.41 bits per heavy atom. The first-order valence-electron chi connectivity index (χ1n) is 8.68. The zero-order chi connectivity index (χ0) is 19.6. The van der Waals surface area contributed by atoms with E-state index in [1.807, 2.05) is 0 Å². The summed E-state index contributed by atoms with van der Waals surface area (Å²) in [6.07, 6.45) is -2.82. The number of likely N-dealkylation sites (tertiary alicyclic amines) is 1. The van der Waals surface area contributed by atoms with Crippen molar-refractivity contribution >= 4 is 5.91 Å². The number of piperidine rings is 1. The molecule has 0 unspecified atom stereocenters. The lowest BCUT2D eigenvalue weighted by atomic mass is 9.95. The number of halogens is 3. The molecule has 0 radical (unpaired) electrons. The average Bonchev–Trinajstić information content (AvgIpc) is 3.09. The van der Waals surface area contributed by atoms with Gasteiger partial charge in [-0.1, -0.05) is 17.3 Å². The number of alkyl halides is 3. The fraction of sp³-hybridized carbons (Fsp3) is 0.500. The van der Waals surface area contributed by atoms with Gasteiger partial charge < -0.3 is 9.42 Å². The summed E-state index contributed by atoms with van der Waals surface area (Å²) in [5.41, 5.74) is -0.251. The van der Waals surface area contributed by atoms with Crippen molar-refractivity contribution in [2.24, 2.45) is 5.92 Å². The summed E-state index contributed by atoms with van der Waals surface area (Å²) in [5, 5.41) is 3.86. The molecule has 27 heavy (non-hydrogen) atoms. The van der Waals surface area contributed by atoms with Gasteiger partial charge in [-0.15, -0.1) is 0 Å². The van der Waals surface area contributed by atoms with Gasteiger partial charge in [-0.3, -0.25) is 9.69 Å². The van der Waals surface area contributed by atoms with Crippen LogP contribution >= 0.6 is 0 Å². The molecule has 2 heterocycles. The van der Waals surface area contributed by atoms with E-state index >= 15 is 0 Å². The highest BCUT2D eigenvalue weighted by Gasteiger charge is 2.30. The summed E-state index contributed by atoms with van der Waals surface area (Å²) in [6.45, 7) is 1.96. The Hall–Kier alpha value is -2.42. The van der Waals surface area contributed by atoms with Crippen LogP contribution in [0.3, 0.4) is 0 Å². The van der Waals surface area contributed by atoms with E-state index in [-0.39, 0.29) is 17.6 Å². The van der Waals surface area contributed by atoms with E-state index in [0.717, 1.165) is 38.1 Å². The Bertz CT molecular complexity index is 779. The normalized spacial score (nSPS) is 16.5. The lowest BCUT2D eigenvalue weighted by Crippen LogP contribution is -2.39. The summed E-state index contributed by atoms with van der Waals surface area (Å²) in [7, 11) is 3.52. The van der Waals surface area contributed by atoms with Crippen molar-refractivity contribution in [1.82, 2.24) is 19.9 Å². The molecule has 1 amide bonds. The van der Waals surface area contributed by atoms with Gasteiger partial charge in [0.25, 0.3) is 0 Å². The van der Waals surface area contributed by atoms with Gasteiger partial charge in [-0.25, -0.2) is 0 Å². The number of benzene rings is 1. The van der Waals surface area contributed by atoms with E-state index in [1.165, 1.54) is 12.1 Å². The number of carbonyl (C=O) groups is 1. The minimum atomic E-state index is -4.37. The first kappa shape index (κ1) is 19.3. The maximum Gasteiger partial charge on any atom is 0.416 e. The van der Waals surface area contributed by atoms with Crippen LogP contribution in [0.2, 0.25) is 0 Å². The lowest BCUT2D eigenvalue weighted by Gasteiger charge is -2.31. The Kier molecular flexibility index (Phi) is 5.50. The fourth-order valence-corrected chi connectivity index (χ4v) is 3.14. The van der Waals surface area contributed by atoms with Gasteiger partial charge in [0.05, 0.1) is 12.1 Å².